The molecule has 220 valence electrons. The lowest BCUT2D eigenvalue weighted by Gasteiger charge is -2.62. The highest BCUT2D eigenvalue weighted by molar-refractivity contribution is 5.87. The molecule has 0 amide bonds. The van der Waals surface area contributed by atoms with Crippen LogP contribution in [0.25, 0.3) is 0 Å². The van der Waals surface area contributed by atoms with Gasteiger partial charge in [0.05, 0.1) is 0 Å². The van der Waals surface area contributed by atoms with E-state index < -0.39 is 5.60 Å². The topological polar surface area (TPSA) is 26.3 Å². The Morgan fingerprint density at radius 1 is 0.541 bits per heavy atom. The second-order valence-corrected chi connectivity index (χ2v) is 12.3. The Hall–Kier alpha value is -0.790. The van der Waals surface area contributed by atoms with Crippen molar-refractivity contribution in [2.24, 2.45) is 10.8 Å². The summed E-state index contributed by atoms with van der Waals surface area (Å²) in [6, 6.07) is 0. The van der Waals surface area contributed by atoms with E-state index in [0.717, 1.165) is 38.5 Å². The molecule has 0 unspecified atom stereocenters. The maximum absolute atomic E-state index is 13.5. The monoisotopic (exact) mass is 521 g/mol. The number of hydrogen-bond donors (Lipinski definition) is 0. The number of carbonyl (C=O) groups is 1. The van der Waals surface area contributed by atoms with Gasteiger partial charge in [-0.25, -0.2) is 4.79 Å². The molecule has 0 atom stereocenters. The minimum Gasteiger partial charge on any atom is -0.455 e. The van der Waals surface area contributed by atoms with Crippen molar-refractivity contribution in [3.05, 3.63) is 12.2 Å². The summed E-state index contributed by atoms with van der Waals surface area (Å²) in [7, 11) is 0. The molecular weight excluding hydrogens is 452 g/mol. The average molecular weight is 521 g/mol. The molecule has 0 heterocycles. The van der Waals surface area contributed by atoms with Crippen LogP contribution in [0.5, 0.6) is 0 Å². The van der Waals surface area contributed by atoms with Gasteiger partial charge in [-0.2, -0.15) is 0 Å². The normalized spacial score (nSPS) is 12.6. The number of rotatable bonds is 25. The number of esters is 1. The first-order valence-electron chi connectivity index (χ1n) is 16.6. The van der Waals surface area contributed by atoms with Crippen LogP contribution in [0, 0.1) is 10.8 Å². The van der Waals surface area contributed by atoms with Gasteiger partial charge in [0.2, 0.25) is 0 Å². The van der Waals surface area contributed by atoms with Gasteiger partial charge in [0.25, 0.3) is 0 Å². The first-order valence-corrected chi connectivity index (χ1v) is 16.6. The van der Waals surface area contributed by atoms with Crippen LogP contribution >= 0.6 is 0 Å². The Morgan fingerprint density at radius 3 is 1.14 bits per heavy atom. The summed E-state index contributed by atoms with van der Waals surface area (Å²) in [5.74, 6) is -0.153. The van der Waals surface area contributed by atoms with E-state index in [1.807, 2.05) is 6.92 Å². The van der Waals surface area contributed by atoms with Gasteiger partial charge >= 0.3 is 5.97 Å². The van der Waals surface area contributed by atoms with Crippen LogP contribution in [0.1, 0.15) is 190 Å². The predicted molar refractivity (Wildman–Crippen MR) is 165 cm³/mol. The van der Waals surface area contributed by atoms with Gasteiger partial charge in [0.1, 0.15) is 5.60 Å². The predicted octanol–water partition coefficient (Wildman–Crippen LogP) is 12.1. The highest BCUT2D eigenvalue weighted by atomic mass is 16.6. The fraction of sp³-hybridized carbons (Fsp3) is 0.914. The molecule has 0 saturated carbocycles. The highest BCUT2D eigenvalue weighted by Crippen LogP contribution is 2.64. The van der Waals surface area contributed by atoms with Crippen molar-refractivity contribution in [1.29, 1.82) is 0 Å². The average Bonchev–Trinajstić information content (AvgIpc) is 2.90. The Balaban J connectivity index is 7.61. The molecular formula is C35H68O2. The lowest BCUT2D eigenvalue weighted by Crippen LogP contribution is -2.60. The third-order valence-corrected chi connectivity index (χ3v) is 9.33. The van der Waals surface area contributed by atoms with Crippen molar-refractivity contribution in [2.75, 3.05) is 0 Å². The molecule has 0 spiro atoms. The third-order valence-electron chi connectivity index (χ3n) is 9.33. The Bertz CT molecular complexity index is 552. The van der Waals surface area contributed by atoms with Gasteiger partial charge < -0.3 is 4.74 Å². The second-order valence-electron chi connectivity index (χ2n) is 12.3. The molecule has 0 bridgehead atoms. The van der Waals surface area contributed by atoms with E-state index in [9.17, 15) is 4.79 Å². The zero-order chi connectivity index (χ0) is 28.2. The maximum Gasteiger partial charge on any atom is 0.333 e. The molecule has 0 fully saturated rings. The van der Waals surface area contributed by atoms with Crippen LogP contribution in [0.4, 0.5) is 0 Å². The molecule has 0 radical (unpaired) electrons. The van der Waals surface area contributed by atoms with E-state index in [1.54, 1.807) is 0 Å². The minimum absolute atomic E-state index is 0.0149. The van der Waals surface area contributed by atoms with Gasteiger partial charge in [-0.3, -0.25) is 0 Å². The van der Waals surface area contributed by atoms with E-state index >= 15 is 0 Å². The second kappa shape index (κ2) is 20.2. The molecule has 0 aromatic carbocycles. The minimum atomic E-state index is -0.408. The zero-order valence-corrected chi connectivity index (χ0v) is 26.9. The zero-order valence-electron chi connectivity index (χ0n) is 26.9. The molecule has 0 rings (SSSR count). The first-order chi connectivity index (χ1) is 17.8. The van der Waals surface area contributed by atoms with Crippen molar-refractivity contribution in [2.45, 2.75) is 196 Å². The molecule has 0 N–H and O–H groups in total. The van der Waals surface area contributed by atoms with Gasteiger partial charge in [0, 0.05) is 11.0 Å². The third kappa shape index (κ3) is 10.4. The lowest BCUT2D eigenvalue weighted by atomic mass is 9.46. The van der Waals surface area contributed by atoms with E-state index in [-0.39, 0.29) is 16.8 Å². The molecule has 0 aliphatic carbocycles. The smallest absolute Gasteiger partial charge is 0.333 e. The maximum atomic E-state index is 13.5. The van der Waals surface area contributed by atoms with E-state index in [1.165, 1.54) is 96.3 Å². The molecule has 0 aliphatic rings. The summed E-state index contributed by atoms with van der Waals surface area (Å²) in [6.45, 7) is 22.2. The standard InChI is InChI=1S/C35H68O2/c1-10-17-24-33(25-18-11-2,26-19-12-3)34(27-20-13-4,28-21-14-5)35(29-22-15-6,30-23-16-7)37-32(36)31(8)9/h8,10-30H2,1-7,9H3. The molecule has 2 nitrogen and oxygen atoms in total. The van der Waals surface area contributed by atoms with Crippen molar-refractivity contribution in [3.63, 3.8) is 0 Å². The van der Waals surface area contributed by atoms with Crippen LogP contribution in [0.15, 0.2) is 12.2 Å². The summed E-state index contributed by atoms with van der Waals surface area (Å²) in [4.78, 5) is 13.5. The van der Waals surface area contributed by atoms with Crippen LogP contribution in [-0.4, -0.2) is 11.6 Å². The number of carbonyl (C=O) groups excluding carboxylic acids is 1. The SMILES string of the molecule is C=C(C)C(=O)OC(CCCC)(CCCC)C(CCCC)(CCCC)C(CCCC)(CCCC)CCCC. The van der Waals surface area contributed by atoms with Crippen LogP contribution in [0.3, 0.4) is 0 Å². The van der Waals surface area contributed by atoms with Gasteiger partial charge in [-0.05, 0) is 70.1 Å². The molecule has 37 heavy (non-hydrogen) atoms. The van der Waals surface area contributed by atoms with E-state index in [4.69, 9.17) is 4.74 Å². The van der Waals surface area contributed by atoms with Crippen molar-refractivity contribution < 1.29 is 9.53 Å². The van der Waals surface area contributed by atoms with Crippen molar-refractivity contribution in [3.8, 4) is 0 Å². The van der Waals surface area contributed by atoms with Crippen LogP contribution < -0.4 is 0 Å². The van der Waals surface area contributed by atoms with E-state index in [2.05, 4.69) is 55.0 Å². The Morgan fingerprint density at radius 2 is 0.838 bits per heavy atom. The highest BCUT2D eigenvalue weighted by Gasteiger charge is 2.61. The quantitative estimate of drug-likeness (QED) is 0.0883. The fourth-order valence-corrected chi connectivity index (χ4v) is 7.18. The summed E-state index contributed by atoms with van der Waals surface area (Å²) < 4.78 is 6.97. The molecule has 0 aromatic rings. The summed E-state index contributed by atoms with van der Waals surface area (Å²) in [5, 5.41) is 0. The largest absolute Gasteiger partial charge is 0.455 e. The Labute approximate surface area is 234 Å². The number of hydrogen-bond acceptors (Lipinski definition) is 2. The van der Waals surface area contributed by atoms with Gasteiger partial charge in [-0.1, -0.05) is 132 Å². The summed E-state index contributed by atoms with van der Waals surface area (Å²) in [6.07, 6.45) is 25.1. The molecule has 0 aromatic heterocycles. The van der Waals surface area contributed by atoms with E-state index in [0.29, 0.717) is 5.57 Å². The number of unbranched alkanes of at least 4 members (excludes halogenated alkanes) is 7. The summed E-state index contributed by atoms with van der Waals surface area (Å²) in [5.41, 5.74) is 0.379. The Kier molecular flexibility index (Phi) is 19.7. The summed E-state index contributed by atoms with van der Waals surface area (Å²) >= 11 is 0. The van der Waals surface area contributed by atoms with Crippen LogP contribution in [-0.2, 0) is 9.53 Å². The molecule has 0 saturated heterocycles. The fourth-order valence-electron chi connectivity index (χ4n) is 7.18. The molecule has 2 heteroatoms. The van der Waals surface area contributed by atoms with Crippen LogP contribution in [0.2, 0.25) is 0 Å². The number of ether oxygens (including phenoxy) is 1. The van der Waals surface area contributed by atoms with Crippen molar-refractivity contribution >= 4 is 5.97 Å². The van der Waals surface area contributed by atoms with Crippen molar-refractivity contribution in [1.82, 2.24) is 0 Å². The molecule has 0 aliphatic heterocycles. The van der Waals surface area contributed by atoms with Gasteiger partial charge in [-0.15, -0.1) is 0 Å². The van der Waals surface area contributed by atoms with Gasteiger partial charge in [0.15, 0.2) is 0 Å². The lowest BCUT2D eigenvalue weighted by molar-refractivity contribution is -0.214. The first kappa shape index (κ1) is 36.2.